The van der Waals surface area contributed by atoms with E-state index in [1.807, 2.05) is 6.20 Å². The zero-order chi connectivity index (χ0) is 34.1. The highest BCUT2D eigenvalue weighted by Crippen LogP contribution is 2.36. The first-order valence-corrected chi connectivity index (χ1v) is 17.3. The maximum Gasteiger partial charge on any atom is 0.416 e. The molecule has 1 atom stereocenters. The van der Waals surface area contributed by atoms with Gasteiger partial charge in [0.2, 0.25) is 5.91 Å². The average molecular weight is 680 g/mol. The van der Waals surface area contributed by atoms with Crippen molar-refractivity contribution in [3.63, 3.8) is 0 Å². The van der Waals surface area contributed by atoms with Crippen LogP contribution >= 0.6 is 0 Å². The predicted molar refractivity (Wildman–Crippen MR) is 179 cm³/mol. The molecule has 0 bridgehead atoms. The Morgan fingerprint density at radius 3 is 2.51 bits per heavy atom. The molecule has 3 aliphatic rings. The molecule has 3 aromatic heterocycles. The number of rotatable bonds is 9. The summed E-state index contributed by atoms with van der Waals surface area (Å²) >= 11 is 0. The molecular weight excluding hydrogens is 635 g/mol. The molecule has 0 saturated carbocycles. The molecule has 1 unspecified atom stereocenters. The van der Waals surface area contributed by atoms with Gasteiger partial charge in [0, 0.05) is 87.2 Å². The Labute approximate surface area is 283 Å². The van der Waals surface area contributed by atoms with Gasteiger partial charge in [-0.2, -0.15) is 18.3 Å². The topological polar surface area (TPSA) is 103 Å². The van der Waals surface area contributed by atoms with E-state index in [2.05, 4.69) is 32.0 Å². The molecule has 262 valence electrons. The summed E-state index contributed by atoms with van der Waals surface area (Å²) in [4.78, 5) is 26.7. The molecule has 49 heavy (non-hydrogen) atoms. The number of hydrogen-bond acceptors (Lipinski definition) is 7. The lowest BCUT2D eigenvalue weighted by molar-refractivity contribution is -0.137. The number of aliphatic hydroxyl groups is 1. The molecule has 0 aliphatic carbocycles. The summed E-state index contributed by atoms with van der Waals surface area (Å²) in [6, 6.07) is 7.13. The second kappa shape index (κ2) is 14.2. The molecule has 2 fully saturated rings. The third-order valence-electron chi connectivity index (χ3n) is 10.4. The number of alkyl halides is 3. The highest BCUT2D eigenvalue weighted by molar-refractivity contribution is 5.84. The number of pyridine rings is 1. The molecule has 2 N–H and O–H groups in total. The summed E-state index contributed by atoms with van der Waals surface area (Å²) in [6.07, 6.45) is 2.41. The van der Waals surface area contributed by atoms with Crippen LogP contribution in [0.15, 0.2) is 42.7 Å². The standard InChI is InChI=1S/C36H44F3N7O3/c1-24(47)45-15-10-32-31(23-45)34(27-2-4-28(5-3-27)36(37,38)39)42-46(32)22-29(48)21-44-13-7-25(8-14-44)30-20-41-35-33(30)26(6-11-40-35)9-12-43-16-18-49-19-17-43/h2-6,11,20,25,29,48H,7-10,12-19,21-23H2,1H3,(H,40,41). The smallest absolute Gasteiger partial charge is 0.390 e. The molecule has 4 aromatic rings. The molecular formula is C36H44F3N7O3. The number of carbonyl (C=O) groups excluding carboxylic acids is 1. The fourth-order valence-corrected chi connectivity index (χ4v) is 7.73. The lowest BCUT2D eigenvalue weighted by Gasteiger charge is -2.33. The lowest BCUT2D eigenvalue weighted by atomic mass is 9.88. The number of ether oxygens (including phenoxy) is 1. The van der Waals surface area contributed by atoms with Crippen LogP contribution in [0.5, 0.6) is 0 Å². The minimum atomic E-state index is -4.43. The van der Waals surface area contributed by atoms with Crippen molar-refractivity contribution in [2.75, 3.05) is 59.0 Å². The zero-order valence-corrected chi connectivity index (χ0v) is 27.9. The zero-order valence-electron chi connectivity index (χ0n) is 27.9. The summed E-state index contributed by atoms with van der Waals surface area (Å²) in [5.41, 5.74) is 5.74. The molecule has 10 nitrogen and oxygen atoms in total. The third-order valence-corrected chi connectivity index (χ3v) is 10.4. The number of H-pyrrole nitrogens is 1. The second-order valence-corrected chi connectivity index (χ2v) is 13.6. The van der Waals surface area contributed by atoms with Crippen LogP contribution in [0.25, 0.3) is 22.3 Å². The Bertz CT molecular complexity index is 1760. The number of morpholine rings is 1. The van der Waals surface area contributed by atoms with E-state index < -0.39 is 17.8 Å². The summed E-state index contributed by atoms with van der Waals surface area (Å²) in [7, 11) is 0. The number of nitrogens with zero attached hydrogens (tertiary/aromatic N) is 6. The molecule has 6 heterocycles. The van der Waals surface area contributed by atoms with E-state index in [0.717, 1.165) is 94.2 Å². The number of aliphatic hydroxyl groups excluding tert-OH is 1. The number of piperidine rings is 1. The minimum Gasteiger partial charge on any atom is -0.390 e. The van der Waals surface area contributed by atoms with Gasteiger partial charge >= 0.3 is 6.18 Å². The predicted octanol–water partition coefficient (Wildman–Crippen LogP) is 4.47. The van der Waals surface area contributed by atoms with Crippen LogP contribution in [0.2, 0.25) is 0 Å². The van der Waals surface area contributed by atoms with Gasteiger partial charge in [-0.25, -0.2) is 4.98 Å². The van der Waals surface area contributed by atoms with Crippen molar-refractivity contribution in [2.24, 2.45) is 0 Å². The first-order valence-electron chi connectivity index (χ1n) is 17.3. The highest BCUT2D eigenvalue weighted by atomic mass is 19.4. The van der Waals surface area contributed by atoms with E-state index in [1.165, 1.54) is 35.6 Å². The fourth-order valence-electron chi connectivity index (χ4n) is 7.73. The van der Waals surface area contributed by atoms with Crippen LogP contribution < -0.4 is 0 Å². The quantitative estimate of drug-likeness (QED) is 0.269. The number of β-amino-alcohol motifs (C(OH)–C–C–N with tert-alkyl or cyclic N) is 1. The minimum absolute atomic E-state index is 0.0617. The van der Waals surface area contributed by atoms with Crippen LogP contribution in [0, 0.1) is 0 Å². The number of likely N-dealkylation sites (tertiary alicyclic amines) is 1. The number of amides is 1. The number of hydrogen-bond donors (Lipinski definition) is 2. The van der Waals surface area contributed by atoms with Crippen LogP contribution in [0.1, 0.15) is 53.6 Å². The largest absolute Gasteiger partial charge is 0.416 e. The van der Waals surface area contributed by atoms with Gasteiger partial charge in [0.25, 0.3) is 0 Å². The van der Waals surface area contributed by atoms with Gasteiger partial charge in [-0.3, -0.25) is 14.4 Å². The van der Waals surface area contributed by atoms with Crippen molar-refractivity contribution in [3.05, 3.63) is 70.7 Å². The Morgan fingerprint density at radius 2 is 1.80 bits per heavy atom. The van der Waals surface area contributed by atoms with Gasteiger partial charge in [0.15, 0.2) is 0 Å². The van der Waals surface area contributed by atoms with E-state index in [-0.39, 0.29) is 12.5 Å². The molecule has 0 radical (unpaired) electrons. The lowest BCUT2D eigenvalue weighted by Crippen LogP contribution is -2.40. The van der Waals surface area contributed by atoms with Gasteiger partial charge in [-0.05, 0) is 67.6 Å². The Morgan fingerprint density at radius 1 is 1.04 bits per heavy atom. The van der Waals surface area contributed by atoms with E-state index in [1.54, 1.807) is 9.58 Å². The van der Waals surface area contributed by atoms with Crippen molar-refractivity contribution < 1.29 is 27.8 Å². The van der Waals surface area contributed by atoms with Gasteiger partial charge in [0.1, 0.15) is 5.65 Å². The van der Waals surface area contributed by atoms with Crippen molar-refractivity contribution in [2.45, 2.75) is 63.9 Å². The number of aromatic nitrogens is 4. The fraction of sp³-hybridized carbons (Fsp3) is 0.528. The maximum absolute atomic E-state index is 13.2. The SMILES string of the molecule is CC(=O)N1CCc2c(c(-c3ccc(C(F)(F)F)cc3)nn2CC(O)CN2CCC(c3c[nH]c4nccc(CCN5CCOCC5)c34)CC2)C1. The molecule has 1 amide bonds. The van der Waals surface area contributed by atoms with E-state index in [0.29, 0.717) is 43.2 Å². The summed E-state index contributed by atoms with van der Waals surface area (Å²) in [5, 5.41) is 17.3. The highest BCUT2D eigenvalue weighted by Gasteiger charge is 2.32. The van der Waals surface area contributed by atoms with Crippen molar-refractivity contribution in [1.29, 1.82) is 0 Å². The van der Waals surface area contributed by atoms with E-state index in [9.17, 15) is 23.1 Å². The van der Waals surface area contributed by atoms with Crippen LogP contribution in [-0.4, -0.2) is 111 Å². The van der Waals surface area contributed by atoms with Gasteiger partial charge in [0.05, 0.1) is 37.1 Å². The average Bonchev–Trinajstić information content (AvgIpc) is 3.70. The van der Waals surface area contributed by atoms with Crippen molar-refractivity contribution in [3.8, 4) is 11.3 Å². The van der Waals surface area contributed by atoms with E-state index in [4.69, 9.17) is 9.84 Å². The van der Waals surface area contributed by atoms with Gasteiger partial charge in [-0.1, -0.05) is 12.1 Å². The summed E-state index contributed by atoms with van der Waals surface area (Å²) in [5.74, 6) is 0.343. The number of carbonyl (C=O) groups is 1. The Balaban J connectivity index is 1.01. The number of fused-ring (bicyclic) bond motifs is 2. The van der Waals surface area contributed by atoms with E-state index >= 15 is 0 Å². The Hall–Kier alpha value is -3.78. The van der Waals surface area contributed by atoms with Gasteiger partial charge in [-0.15, -0.1) is 0 Å². The van der Waals surface area contributed by atoms with Crippen molar-refractivity contribution in [1.82, 2.24) is 34.4 Å². The molecule has 0 spiro atoms. The number of halogens is 3. The van der Waals surface area contributed by atoms with Crippen LogP contribution in [0.4, 0.5) is 13.2 Å². The molecule has 7 rings (SSSR count). The summed E-state index contributed by atoms with van der Waals surface area (Å²) < 4.78 is 47.0. The van der Waals surface area contributed by atoms with Crippen molar-refractivity contribution >= 4 is 16.9 Å². The number of aromatic amines is 1. The molecule has 2 saturated heterocycles. The molecule has 1 aromatic carbocycles. The first kappa shape index (κ1) is 33.7. The maximum atomic E-state index is 13.2. The first-order chi connectivity index (χ1) is 23.6. The van der Waals surface area contributed by atoms with Crippen LogP contribution in [-0.2, 0) is 41.6 Å². The second-order valence-electron chi connectivity index (χ2n) is 13.6. The molecule has 3 aliphatic heterocycles. The monoisotopic (exact) mass is 679 g/mol. The summed E-state index contributed by atoms with van der Waals surface area (Å²) in [6.45, 7) is 9.40. The normalized spacial score (nSPS) is 19.0. The number of nitrogens with one attached hydrogen (secondary N) is 1. The molecule has 13 heteroatoms. The number of benzene rings is 1. The third kappa shape index (κ3) is 7.40. The van der Waals surface area contributed by atoms with Crippen LogP contribution in [0.3, 0.4) is 0 Å². The van der Waals surface area contributed by atoms with Gasteiger partial charge < -0.3 is 24.6 Å². The Kier molecular flexibility index (Phi) is 9.78.